The Kier molecular flexibility index (Phi) is 6.14. The summed E-state index contributed by atoms with van der Waals surface area (Å²) in [6.07, 6.45) is 1.93. The Bertz CT molecular complexity index is 1290. The largest absolute Gasteiger partial charge is 0.317 e. The summed E-state index contributed by atoms with van der Waals surface area (Å²) in [5.41, 5.74) is 2.60. The zero-order chi connectivity index (χ0) is 22.2. The molecule has 0 aliphatic carbocycles. The lowest BCUT2D eigenvalue weighted by Gasteiger charge is -2.30. The number of aromatic nitrogens is 1. The molecular formula is C23H27N3O3S2. The van der Waals surface area contributed by atoms with Gasteiger partial charge in [0.1, 0.15) is 0 Å². The van der Waals surface area contributed by atoms with Crippen molar-refractivity contribution in [3.8, 4) is 0 Å². The first-order valence-electron chi connectivity index (χ1n) is 10.6. The minimum absolute atomic E-state index is 0.221. The first-order chi connectivity index (χ1) is 14.8. The summed E-state index contributed by atoms with van der Waals surface area (Å²) < 4.78 is 30.5. The fraction of sp³-hybridized carbons (Fsp3) is 0.391. The number of carbonyl (C=O) groups is 1. The van der Waals surface area contributed by atoms with Crippen LogP contribution in [0.25, 0.3) is 10.2 Å². The molecule has 1 fully saturated rings. The third-order valence-corrected chi connectivity index (χ3v) is 8.63. The van der Waals surface area contributed by atoms with Gasteiger partial charge in [-0.2, -0.15) is 9.30 Å². The number of thiazole rings is 1. The van der Waals surface area contributed by atoms with Crippen LogP contribution in [0, 0.1) is 12.8 Å². The molecule has 6 nitrogen and oxygen atoms in total. The van der Waals surface area contributed by atoms with Crippen LogP contribution in [0.5, 0.6) is 0 Å². The Morgan fingerprint density at radius 1 is 1.19 bits per heavy atom. The van der Waals surface area contributed by atoms with Gasteiger partial charge >= 0.3 is 0 Å². The van der Waals surface area contributed by atoms with E-state index in [4.69, 9.17) is 0 Å². The molecule has 0 radical (unpaired) electrons. The summed E-state index contributed by atoms with van der Waals surface area (Å²) in [7, 11) is -3.54. The molecule has 3 aromatic rings. The van der Waals surface area contributed by atoms with Crippen molar-refractivity contribution in [2.24, 2.45) is 10.9 Å². The van der Waals surface area contributed by atoms with Crippen LogP contribution < -0.4 is 4.80 Å². The van der Waals surface area contributed by atoms with E-state index in [-0.39, 0.29) is 10.8 Å². The number of fused-ring (bicyclic) bond motifs is 1. The van der Waals surface area contributed by atoms with E-state index >= 15 is 0 Å². The standard InChI is InChI=1S/C23H27N3O3S2/c1-4-26-20-12-7-16(2)14-21(20)30-23(26)24-22(27)18-8-10-19(11-9-18)31(28,29)25-13-5-6-17(3)15-25/h7-12,14,17H,4-6,13,15H2,1-3H3/t17-/m1/s1. The Hall–Kier alpha value is -2.29. The second kappa shape index (κ2) is 8.68. The van der Waals surface area contributed by atoms with Crippen LogP contribution in [0.15, 0.2) is 52.4 Å². The van der Waals surface area contributed by atoms with E-state index in [0.717, 1.165) is 28.6 Å². The molecule has 1 atom stereocenters. The monoisotopic (exact) mass is 457 g/mol. The number of benzene rings is 2. The average Bonchev–Trinajstić information content (AvgIpc) is 3.09. The fourth-order valence-electron chi connectivity index (χ4n) is 4.01. The summed E-state index contributed by atoms with van der Waals surface area (Å²) in [4.78, 5) is 18.0. The molecule has 2 aromatic carbocycles. The fourth-order valence-corrected chi connectivity index (χ4v) is 6.79. The molecule has 0 bridgehead atoms. The van der Waals surface area contributed by atoms with Gasteiger partial charge in [-0.15, -0.1) is 0 Å². The van der Waals surface area contributed by atoms with E-state index in [1.165, 1.54) is 23.5 Å². The number of aryl methyl sites for hydroxylation is 2. The van der Waals surface area contributed by atoms with Crippen molar-refractivity contribution in [3.63, 3.8) is 0 Å². The van der Waals surface area contributed by atoms with Crippen molar-refractivity contribution in [1.82, 2.24) is 8.87 Å². The minimum atomic E-state index is -3.54. The number of rotatable bonds is 4. The SMILES string of the molecule is CCn1c(=NC(=O)c2ccc(S(=O)(=O)N3CCC[C@@H](C)C3)cc2)sc2cc(C)ccc21. The summed E-state index contributed by atoms with van der Waals surface area (Å²) in [5, 5.41) is 0. The first-order valence-corrected chi connectivity index (χ1v) is 12.8. The van der Waals surface area contributed by atoms with Gasteiger partial charge in [0.2, 0.25) is 10.0 Å². The summed E-state index contributed by atoms with van der Waals surface area (Å²) in [5.74, 6) is -0.0143. The van der Waals surface area contributed by atoms with Crippen molar-refractivity contribution in [1.29, 1.82) is 0 Å². The Morgan fingerprint density at radius 2 is 1.94 bits per heavy atom. The molecule has 2 heterocycles. The van der Waals surface area contributed by atoms with Gasteiger partial charge in [-0.25, -0.2) is 8.42 Å². The van der Waals surface area contributed by atoms with Crippen LogP contribution in [0.2, 0.25) is 0 Å². The van der Waals surface area contributed by atoms with Crippen molar-refractivity contribution in [2.45, 2.75) is 45.1 Å². The zero-order valence-electron chi connectivity index (χ0n) is 18.0. The van der Waals surface area contributed by atoms with Gasteiger partial charge in [-0.05, 0) is 74.6 Å². The van der Waals surface area contributed by atoms with Crippen LogP contribution in [0.4, 0.5) is 0 Å². The zero-order valence-corrected chi connectivity index (χ0v) is 19.7. The van der Waals surface area contributed by atoms with E-state index in [1.54, 1.807) is 16.4 Å². The Morgan fingerprint density at radius 3 is 2.61 bits per heavy atom. The minimum Gasteiger partial charge on any atom is -0.317 e. The smallest absolute Gasteiger partial charge is 0.279 e. The van der Waals surface area contributed by atoms with Crippen molar-refractivity contribution in [3.05, 3.63) is 58.4 Å². The first kappa shape index (κ1) is 21.9. The number of hydrogen-bond donors (Lipinski definition) is 0. The number of hydrogen-bond acceptors (Lipinski definition) is 4. The third kappa shape index (κ3) is 4.37. The Balaban J connectivity index is 1.63. The lowest BCUT2D eigenvalue weighted by atomic mass is 10.0. The number of sulfonamides is 1. The highest BCUT2D eigenvalue weighted by Gasteiger charge is 2.28. The summed E-state index contributed by atoms with van der Waals surface area (Å²) in [6, 6.07) is 12.3. The third-order valence-electron chi connectivity index (χ3n) is 5.71. The molecule has 31 heavy (non-hydrogen) atoms. The molecule has 8 heteroatoms. The molecule has 0 saturated carbocycles. The molecule has 1 aliphatic rings. The van der Waals surface area contributed by atoms with Crippen molar-refractivity contribution in [2.75, 3.05) is 13.1 Å². The van der Waals surface area contributed by atoms with Gasteiger partial charge in [-0.3, -0.25) is 4.79 Å². The topological polar surface area (TPSA) is 71.7 Å². The molecule has 1 aromatic heterocycles. The van der Waals surface area contributed by atoms with E-state index in [0.29, 0.717) is 35.9 Å². The van der Waals surface area contributed by atoms with E-state index in [9.17, 15) is 13.2 Å². The summed E-state index contributed by atoms with van der Waals surface area (Å²) >= 11 is 1.48. The van der Waals surface area contributed by atoms with Crippen molar-refractivity contribution >= 4 is 37.5 Å². The molecule has 0 unspecified atom stereocenters. The van der Waals surface area contributed by atoms with Gasteiger partial charge in [-0.1, -0.05) is 24.3 Å². The predicted octanol–water partition coefficient (Wildman–Crippen LogP) is 4.19. The quantitative estimate of drug-likeness (QED) is 0.590. The molecule has 4 rings (SSSR count). The lowest BCUT2D eigenvalue weighted by molar-refractivity contribution is 0.0997. The van der Waals surface area contributed by atoms with Gasteiger partial charge in [0.15, 0.2) is 4.80 Å². The lowest BCUT2D eigenvalue weighted by Crippen LogP contribution is -2.39. The van der Waals surface area contributed by atoms with Crippen LogP contribution in [0.3, 0.4) is 0 Å². The number of piperidine rings is 1. The molecule has 1 amide bonds. The average molecular weight is 458 g/mol. The predicted molar refractivity (Wildman–Crippen MR) is 124 cm³/mol. The van der Waals surface area contributed by atoms with Gasteiger partial charge in [0, 0.05) is 25.2 Å². The Labute approximate surface area is 186 Å². The van der Waals surface area contributed by atoms with E-state index < -0.39 is 10.0 Å². The number of nitrogens with zero attached hydrogens (tertiary/aromatic N) is 3. The van der Waals surface area contributed by atoms with E-state index in [1.807, 2.05) is 18.4 Å². The van der Waals surface area contributed by atoms with Gasteiger partial charge < -0.3 is 4.57 Å². The maximum absolute atomic E-state index is 12.9. The second-order valence-electron chi connectivity index (χ2n) is 8.15. The van der Waals surface area contributed by atoms with Gasteiger partial charge in [0.05, 0.1) is 15.1 Å². The van der Waals surface area contributed by atoms with Crippen LogP contribution in [-0.2, 0) is 16.6 Å². The number of amides is 1. The molecule has 1 saturated heterocycles. The van der Waals surface area contributed by atoms with Crippen molar-refractivity contribution < 1.29 is 13.2 Å². The number of carbonyl (C=O) groups excluding carboxylic acids is 1. The van der Waals surface area contributed by atoms with Crippen LogP contribution in [0.1, 0.15) is 42.6 Å². The highest BCUT2D eigenvalue weighted by atomic mass is 32.2. The highest BCUT2D eigenvalue weighted by Crippen LogP contribution is 2.24. The summed E-state index contributed by atoms with van der Waals surface area (Å²) in [6.45, 7) is 7.93. The van der Waals surface area contributed by atoms with Crippen LogP contribution >= 0.6 is 11.3 Å². The molecule has 164 valence electrons. The molecular weight excluding hydrogens is 430 g/mol. The molecule has 0 N–H and O–H groups in total. The van der Waals surface area contributed by atoms with E-state index in [2.05, 4.69) is 30.1 Å². The van der Waals surface area contributed by atoms with Crippen LogP contribution in [-0.4, -0.2) is 36.3 Å². The molecule has 0 spiro atoms. The maximum atomic E-state index is 12.9. The van der Waals surface area contributed by atoms with Gasteiger partial charge in [0.25, 0.3) is 5.91 Å². The second-order valence-corrected chi connectivity index (χ2v) is 11.1. The normalized spacial score (nSPS) is 18.5. The molecule has 1 aliphatic heterocycles. The highest BCUT2D eigenvalue weighted by molar-refractivity contribution is 7.89. The maximum Gasteiger partial charge on any atom is 0.279 e.